The summed E-state index contributed by atoms with van der Waals surface area (Å²) in [6, 6.07) is 22.6. The van der Waals surface area contributed by atoms with Gasteiger partial charge in [0.15, 0.2) is 0 Å². The number of fused-ring (bicyclic) bond motifs is 2. The fraction of sp³-hybridized carbons (Fsp3) is 0.368. The second-order valence-corrected chi connectivity index (χ2v) is 14.4. The Balaban J connectivity index is 1.27. The van der Waals surface area contributed by atoms with Crippen molar-refractivity contribution in [3.05, 3.63) is 84.2 Å². The number of rotatable bonds is 7. The number of nitrogens with one attached hydrogen (secondary N) is 2. The van der Waals surface area contributed by atoms with Crippen LogP contribution < -0.4 is 5.32 Å². The van der Waals surface area contributed by atoms with E-state index in [1.807, 2.05) is 75.4 Å². The highest BCUT2D eigenvalue weighted by atomic mass is 16.6. The van der Waals surface area contributed by atoms with Crippen LogP contribution in [-0.2, 0) is 25.6 Å². The van der Waals surface area contributed by atoms with Crippen LogP contribution in [0.15, 0.2) is 72.8 Å². The normalized spacial score (nSPS) is 15.4. The average Bonchev–Trinajstić information content (AvgIpc) is 3.74. The Labute approximate surface area is 285 Å². The number of anilines is 1. The van der Waals surface area contributed by atoms with Gasteiger partial charge in [-0.3, -0.25) is 15.0 Å². The molecule has 11 heteroatoms. The molecule has 11 nitrogen and oxygen atoms in total. The van der Waals surface area contributed by atoms with E-state index in [0.29, 0.717) is 16.9 Å². The lowest BCUT2D eigenvalue weighted by atomic mass is 10.1. The van der Waals surface area contributed by atoms with E-state index in [9.17, 15) is 14.4 Å². The van der Waals surface area contributed by atoms with Gasteiger partial charge in [-0.05, 0) is 103 Å². The summed E-state index contributed by atoms with van der Waals surface area (Å²) in [6.07, 6.45) is 0.725. The molecule has 3 aromatic carbocycles. The molecule has 0 spiro atoms. The van der Waals surface area contributed by atoms with Gasteiger partial charge in [0.1, 0.15) is 23.6 Å². The molecular weight excluding hydrogens is 622 g/mol. The molecule has 256 valence electrons. The summed E-state index contributed by atoms with van der Waals surface area (Å²) in [4.78, 5) is 49.3. The highest BCUT2D eigenvalue weighted by Crippen LogP contribution is 2.35. The van der Waals surface area contributed by atoms with Gasteiger partial charge in [-0.2, -0.15) is 0 Å². The number of carbonyl (C=O) groups is 3. The van der Waals surface area contributed by atoms with Gasteiger partial charge in [-0.15, -0.1) is 0 Å². The molecule has 0 radical (unpaired) electrons. The number of aromatic nitrogens is 3. The largest absolute Gasteiger partial charge is 0.460 e. The van der Waals surface area contributed by atoms with Crippen LogP contribution in [0.4, 0.5) is 15.3 Å². The van der Waals surface area contributed by atoms with Gasteiger partial charge in [-0.25, -0.2) is 19.1 Å². The van der Waals surface area contributed by atoms with Crippen molar-refractivity contribution in [3.8, 4) is 11.3 Å². The SMILES string of the molecule is CC(C)(C)OC(=O)Nc1ccc2c(c1)cc(-c1ccc3[nH]c([C@@H]4CCCN4CC(=O)OCc4ccccc4)nc3c1)n2C(=O)OC(C)(C)C. The number of esters is 1. The van der Waals surface area contributed by atoms with Gasteiger partial charge in [0, 0.05) is 16.6 Å². The lowest BCUT2D eigenvalue weighted by Gasteiger charge is -2.21. The van der Waals surface area contributed by atoms with Crippen LogP contribution in [0.25, 0.3) is 33.2 Å². The predicted octanol–water partition coefficient (Wildman–Crippen LogP) is 8.20. The van der Waals surface area contributed by atoms with Gasteiger partial charge in [-0.1, -0.05) is 36.4 Å². The standard InChI is InChI=1S/C38H43N5O6/c1-37(2,3)48-35(45)39-27-15-17-30-26(19-27)21-32(43(30)36(46)49-38(4,5)6)25-14-16-28-29(20-25)41-34(40-28)31-13-10-18-42(31)22-33(44)47-23-24-11-8-7-9-12-24/h7-9,11-12,14-17,19-21,31H,10,13,18,22-23H2,1-6H3,(H,39,45)(H,40,41)/t31-/m0/s1. The lowest BCUT2D eigenvalue weighted by molar-refractivity contribution is -0.146. The zero-order valence-corrected chi connectivity index (χ0v) is 28.8. The van der Waals surface area contributed by atoms with Crippen molar-refractivity contribution in [2.45, 2.75) is 78.2 Å². The van der Waals surface area contributed by atoms with Gasteiger partial charge in [0.2, 0.25) is 0 Å². The summed E-state index contributed by atoms with van der Waals surface area (Å²) >= 11 is 0. The second kappa shape index (κ2) is 13.4. The maximum atomic E-state index is 13.6. The first-order valence-corrected chi connectivity index (χ1v) is 16.5. The van der Waals surface area contributed by atoms with Crippen LogP contribution in [0.1, 0.15) is 71.8 Å². The van der Waals surface area contributed by atoms with Crippen LogP contribution in [0.3, 0.4) is 0 Å². The maximum absolute atomic E-state index is 13.6. The number of nitrogens with zero attached hydrogens (tertiary/aromatic N) is 3. The highest BCUT2D eigenvalue weighted by molar-refractivity contribution is 5.99. The van der Waals surface area contributed by atoms with Crippen LogP contribution in [0.2, 0.25) is 0 Å². The summed E-state index contributed by atoms with van der Waals surface area (Å²) < 4.78 is 18.3. The number of hydrogen-bond acceptors (Lipinski definition) is 8. The number of carbonyl (C=O) groups excluding carboxylic acids is 3. The molecule has 1 atom stereocenters. The Kier molecular flexibility index (Phi) is 9.22. The topological polar surface area (TPSA) is 128 Å². The van der Waals surface area contributed by atoms with Crippen molar-refractivity contribution in [1.29, 1.82) is 0 Å². The molecule has 1 fully saturated rings. The fourth-order valence-electron chi connectivity index (χ4n) is 6.05. The number of benzene rings is 3. The van der Waals surface area contributed by atoms with E-state index in [1.54, 1.807) is 43.5 Å². The molecule has 49 heavy (non-hydrogen) atoms. The minimum Gasteiger partial charge on any atom is -0.460 e. The summed E-state index contributed by atoms with van der Waals surface area (Å²) in [6.45, 7) is 12.1. The Hall–Kier alpha value is -5.16. The second-order valence-electron chi connectivity index (χ2n) is 14.4. The molecule has 1 saturated heterocycles. The summed E-state index contributed by atoms with van der Waals surface area (Å²) in [7, 11) is 0. The first-order chi connectivity index (χ1) is 23.2. The molecule has 1 aliphatic rings. The number of aromatic amines is 1. The Morgan fingerprint density at radius 1 is 0.918 bits per heavy atom. The fourth-order valence-corrected chi connectivity index (χ4v) is 6.05. The van der Waals surface area contributed by atoms with E-state index < -0.39 is 23.4 Å². The van der Waals surface area contributed by atoms with Gasteiger partial charge in [0.25, 0.3) is 0 Å². The zero-order valence-electron chi connectivity index (χ0n) is 28.8. The molecule has 0 saturated carbocycles. The first-order valence-electron chi connectivity index (χ1n) is 16.5. The van der Waals surface area contributed by atoms with Crippen molar-refractivity contribution in [2.75, 3.05) is 18.4 Å². The molecule has 1 amide bonds. The average molecular weight is 666 g/mol. The van der Waals surface area contributed by atoms with Crippen molar-refractivity contribution in [3.63, 3.8) is 0 Å². The molecule has 2 aromatic heterocycles. The predicted molar refractivity (Wildman–Crippen MR) is 188 cm³/mol. The number of H-pyrrole nitrogens is 1. The third-order valence-electron chi connectivity index (χ3n) is 8.07. The zero-order chi connectivity index (χ0) is 34.9. The van der Waals surface area contributed by atoms with Crippen molar-refractivity contribution in [2.24, 2.45) is 0 Å². The number of ether oxygens (including phenoxy) is 3. The van der Waals surface area contributed by atoms with E-state index in [2.05, 4.69) is 15.2 Å². The number of hydrogen-bond donors (Lipinski definition) is 2. The van der Waals surface area contributed by atoms with E-state index >= 15 is 0 Å². The number of likely N-dealkylation sites (tertiary alicyclic amines) is 1. The Morgan fingerprint density at radius 3 is 2.41 bits per heavy atom. The Morgan fingerprint density at radius 2 is 1.67 bits per heavy atom. The minimum atomic E-state index is -0.717. The molecule has 6 rings (SSSR count). The van der Waals surface area contributed by atoms with Gasteiger partial charge < -0.3 is 19.2 Å². The molecule has 5 aromatic rings. The smallest absolute Gasteiger partial charge is 0.419 e. The third kappa shape index (κ3) is 8.11. The van der Waals surface area contributed by atoms with Crippen molar-refractivity contribution < 1.29 is 28.6 Å². The maximum Gasteiger partial charge on any atom is 0.419 e. The highest BCUT2D eigenvalue weighted by Gasteiger charge is 2.31. The van der Waals surface area contributed by atoms with Crippen LogP contribution in [0.5, 0.6) is 0 Å². The molecular formula is C38H43N5O6. The van der Waals surface area contributed by atoms with E-state index in [4.69, 9.17) is 19.2 Å². The Bertz CT molecular complexity index is 2000. The summed E-state index contributed by atoms with van der Waals surface area (Å²) in [5.74, 6) is 0.514. The quantitative estimate of drug-likeness (QED) is 0.132. The monoisotopic (exact) mass is 665 g/mol. The van der Waals surface area contributed by atoms with Crippen LogP contribution >= 0.6 is 0 Å². The van der Waals surface area contributed by atoms with E-state index in [0.717, 1.165) is 52.8 Å². The first kappa shape index (κ1) is 33.7. The summed E-state index contributed by atoms with van der Waals surface area (Å²) in [5.41, 5.74) is 3.72. The van der Waals surface area contributed by atoms with Gasteiger partial charge in [0.05, 0.1) is 34.8 Å². The summed E-state index contributed by atoms with van der Waals surface area (Å²) in [5, 5.41) is 3.51. The minimum absolute atomic E-state index is 0.0516. The molecule has 0 unspecified atom stereocenters. The number of amides is 1. The molecule has 0 bridgehead atoms. The van der Waals surface area contributed by atoms with Crippen molar-refractivity contribution in [1.82, 2.24) is 19.4 Å². The van der Waals surface area contributed by atoms with Crippen LogP contribution in [-0.4, -0.2) is 61.9 Å². The number of imidazole rings is 1. The lowest BCUT2D eigenvalue weighted by Crippen LogP contribution is -2.31. The molecule has 0 aliphatic carbocycles. The van der Waals surface area contributed by atoms with Crippen LogP contribution in [0, 0.1) is 0 Å². The third-order valence-corrected chi connectivity index (χ3v) is 8.07. The van der Waals surface area contributed by atoms with Gasteiger partial charge >= 0.3 is 18.2 Å². The molecule has 1 aliphatic heterocycles. The van der Waals surface area contributed by atoms with Crippen molar-refractivity contribution >= 4 is 45.8 Å². The van der Waals surface area contributed by atoms with E-state index in [1.165, 1.54) is 0 Å². The molecule has 2 N–H and O–H groups in total. The molecule has 3 heterocycles. The van der Waals surface area contributed by atoms with E-state index in [-0.39, 0.29) is 25.2 Å².